The van der Waals surface area contributed by atoms with Crippen LogP contribution in [0.25, 0.3) is 0 Å². The van der Waals surface area contributed by atoms with Gasteiger partial charge in [0.05, 0.1) is 39.6 Å². The molecule has 0 aromatic heterocycles. The van der Waals surface area contributed by atoms with E-state index in [1.165, 1.54) is 0 Å². The molecule has 0 atom stereocenters. The Morgan fingerprint density at radius 2 is 1.21 bits per heavy atom. The molecule has 0 unspecified atom stereocenters. The molecular formula is C14H26O5. The maximum atomic E-state index is 11.3. The Kier molecular flexibility index (Phi) is 11.8. The van der Waals surface area contributed by atoms with Crippen molar-refractivity contribution in [2.45, 2.75) is 33.6 Å². The van der Waals surface area contributed by atoms with E-state index in [9.17, 15) is 9.59 Å². The molecule has 5 heteroatoms. The number of carbonyl (C=O) groups is 2. The second-order valence-electron chi connectivity index (χ2n) is 4.66. The zero-order valence-electron chi connectivity index (χ0n) is 12.3. The standard InChI is InChI=1S/C14H26O5/c1-12(2)14(16)5-7-18-9-11-19-10-8-17-6-4-13(3)15/h12H,4-11H2,1-3H3. The minimum absolute atomic E-state index is 0.0759. The summed E-state index contributed by atoms with van der Waals surface area (Å²) < 4.78 is 15.8. The molecule has 0 heterocycles. The van der Waals surface area contributed by atoms with Crippen molar-refractivity contribution in [3.05, 3.63) is 0 Å². The van der Waals surface area contributed by atoms with E-state index in [0.717, 1.165) is 0 Å². The lowest BCUT2D eigenvalue weighted by Crippen LogP contribution is -2.13. The number of hydrogen-bond donors (Lipinski definition) is 0. The van der Waals surface area contributed by atoms with E-state index in [-0.39, 0.29) is 17.5 Å². The lowest BCUT2D eigenvalue weighted by atomic mass is 10.1. The first-order valence-electron chi connectivity index (χ1n) is 6.79. The van der Waals surface area contributed by atoms with Crippen molar-refractivity contribution in [1.29, 1.82) is 0 Å². The molecule has 0 rings (SSSR count). The van der Waals surface area contributed by atoms with Gasteiger partial charge in [-0.15, -0.1) is 0 Å². The smallest absolute Gasteiger partial charge is 0.137 e. The van der Waals surface area contributed by atoms with E-state index in [4.69, 9.17) is 14.2 Å². The van der Waals surface area contributed by atoms with Crippen molar-refractivity contribution in [3.63, 3.8) is 0 Å². The third-order valence-electron chi connectivity index (χ3n) is 2.48. The Hall–Kier alpha value is -0.780. The lowest BCUT2D eigenvalue weighted by molar-refractivity contribution is -0.123. The van der Waals surface area contributed by atoms with E-state index < -0.39 is 0 Å². The third kappa shape index (κ3) is 13.5. The molecule has 0 aromatic carbocycles. The largest absolute Gasteiger partial charge is 0.379 e. The summed E-state index contributed by atoms with van der Waals surface area (Å²) in [5.74, 6) is 0.428. The van der Waals surface area contributed by atoms with Crippen molar-refractivity contribution in [1.82, 2.24) is 0 Å². The van der Waals surface area contributed by atoms with E-state index in [1.54, 1.807) is 6.92 Å². The predicted octanol–water partition coefficient (Wildman–Crippen LogP) is 1.63. The molecule has 0 spiro atoms. The average molecular weight is 274 g/mol. The van der Waals surface area contributed by atoms with Crippen LogP contribution in [0, 0.1) is 5.92 Å². The van der Waals surface area contributed by atoms with Gasteiger partial charge in [-0.25, -0.2) is 0 Å². The van der Waals surface area contributed by atoms with Crippen LogP contribution in [0.5, 0.6) is 0 Å². The van der Waals surface area contributed by atoms with Crippen LogP contribution >= 0.6 is 0 Å². The third-order valence-corrected chi connectivity index (χ3v) is 2.48. The fraction of sp³-hybridized carbons (Fsp3) is 0.857. The van der Waals surface area contributed by atoms with Crippen molar-refractivity contribution >= 4 is 11.6 Å². The minimum atomic E-state index is 0.0759. The van der Waals surface area contributed by atoms with E-state index in [2.05, 4.69) is 0 Å². The van der Waals surface area contributed by atoms with Crippen molar-refractivity contribution in [2.75, 3.05) is 39.6 Å². The number of ketones is 2. The van der Waals surface area contributed by atoms with Crippen LogP contribution in [-0.4, -0.2) is 51.2 Å². The van der Waals surface area contributed by atoms with Gasteiger partial charge in [0.25, 0.3) is 0 Å². The summed E-state index contributed by atoms with van der Waals surface area (Å²) in [6, 6.07) is 0. The van der Waals surface area contributed by atoms with Crippen LogP contribution in [0.1, 0.15) is 33.6 Å². The minimum Gasteiger partial charge on any atom is -0.379 e. The topological polar surface area (TPSA) is 61.8 Å². The van der Waals surface area contributed by atoms with Crippen molar-refractivity contribution in [2.24, 2.45) is 5.92 Å². The number of rotatable bonds is 13. The molecule has 0 N–H and O–H groups in total. The number of hydrogen-bond acceptors (Lipinski definition) is 5. The second kappa shape index (κ2) is 12.3. The highest BCUT2D eigenvalue weighted by Gasteiger charge is 2.05. The molecule has 0 aliphatic carbocycles. The second-order valence-corrected chi connectivity index (χ2v) is 4.66. The molecule has 0 aromatic rings. The summed E-state index contributed by atoms with van der Waals surface area (Å²) in [6.45, 7) is 8.17. The summed E-state index contributed by atoms with van der Waals surface area (Å²) in [4.78, 5) is 21.9. The van der Waals surface area contributed by atoms with Gasteiger partial charge >= 0.3 is 0 Å². The van der Waals surface area contributed by atoms with Crippen LogP contribution in [0.15, 0.2) is 0 Å². The van der Waals surface area contributed by atoms with Gasteiger partial charge in [-0.1, -0.05) is 13.8 Å². The Balaban J connectivity index is 3.11. The van der Waals surface area contributed by atoms with Crippen LogP contribution in [0.2, 0.25) is 0 Å². The molecule has 0 fully saturated rings. The van der Waals surface area contributed by atoms with E-state index in [1.807, 2.05) is 13.8 Å². The van der Waals surface area contributed by atoms with Crippen molar-refractivity contribution < 1.29 is 23.8 Å². The predicted molar refractivity (Wildman–Crippen MR) is 72.2 cm³/mol. The summed E-state index contributed by atoms with van der Waals surface area (Å²) in [5, 5.41) is 0. The monoisotopic (exact) mass is 274 g/mol. The molecule has 0 saturated carbocycles. The molecule has 0 aliphatic heterocycles. The first kappa shape index (κ1) is 18.2. The maximum absolute atomic E-state index is 11.3. The van der Waals surface area contributed by atoms with Gasteiger partial charge in [0.15, 0.2) is 0 Å². The Morgan fingerprint density at radius 3 is 1.63 bits per heavy atom. The first-order chi connectivity index (χ1) is 9.04. The molecule has 0 amide bonds. The maximum Gasteiger partial charge on any atom is 0.137 e. The van der Waals surface area contributed by atoms with Gasteiger partial charge in [-0.05, 0) is 6.92 Å². The lowest BCUT2D eigenvalue weighted by Gasteiger charge is -2.07. The molecule has 0 saturated heterocycles. The number of ether oxygens (including phenoxy) is 3. The highest BCUT2D eigenvalue weighted by Crippen LogP contribution is 1.98. The molecule has 19 heavy (non-hydrogen) atoms. The summed E-state index contributed by atoms with van der Waals surface area (Å²) in [5.41, 5.74) is 0. The van der Waals surface area contributed by atoms with Crippen molar-refractivity contribution in [3.8, 4) is 0 Å². The van der Waals surface area contributed by atoms with Gasteiger partial charge in [-0.3, -0.25) is 9.59 Å². The fourth-order valence-electron chi connectivity index (χ4n) is 1.22. The number of carbonyl (C=O) groups excluding carboxylic acids is 2. The molecular weight excluding hydrogens is 248 g/mol. The van der Waals surface area contributed by atoms with Crippen LogP contribution < -0.4 is 0 Å². The van der Waals surface area contributed by atoms with Crippen LogP contribution in [-0.2, 0) is 23.8 Å². The van der Waals surface area contributed by atoms with Crippen LogP contribution in [0.3, 0.4) is 0 Å². The molecule has 112 valence electrons. The highest BCUT2D eigenvalue weighted by atomic mass is 16.5. The summed E-state index contributed by atoms with van der Waals surface area (Å²) in [6.07, 6.45) is 0.915. The fourth-order valence-corrected chi connectivity index (χ4v) is 1.22. The Bertz CT molecular complexity index is 250. The average Bonchev–Trinajstić information content (AvgIpc) is 2.35. The molecule has 5 nitrogen and oxygen atoms in total. The van der Waals surface area contributed by atoms with Gasteiger partial charge in [0.2, 0.25) is 0 Å². The summed E-state index contributed by atoms with van der Waals surface area (Å²) >= 11 is 0. The molecule has 0 radical (unpaired) electrons. The van der Waals surface area contributed by atoms with Gasteiger partial charge in [-0.2, -0.15) is 0 Å². The quantitative estimate of drug-likeness (QED) is 0.478. The normalized spacial score (nSPS) is 10.9. The Labute approximate surface area is 115 Å². The van der Waals surface area contributed by atoms with Crippen LogP contribution in [0.4, 0.5) is 0 Å². The van der Waals surface area contributed by atoms with Gasteiger partial charge in [0.1, 0.15) is 11.6 Å². The van der Waals surface area contributed by atoms with Gasteiger partial charge < -0.3 is 14.2 Å². The van der Waals surface area contributed by atoms with Gasteiger partial charge in [0, 0.05) is 18.8 Å². The zero-order valence-corrected chi connectivity index (χ0v) is 12.3. The zero-order chi connectivity index (χ0) is 14.5. The number of Topliss-reactive ketones (excluding diaryl/α,β-unsaturated/α-hetero) is 2. The molecule has 0 aliphatic rings. The highest BCUT2D eigenvalue weighted by molar-refractivity contribution is 5.80. The Morgan fingerprint density at radius 1 is 0.789 bits per heavy atom. The SMILES string of the molecule is CC(=O)CCOCCOCCOCCC(=O)C(C)C. The van der Waals surface area contributed by atoms with E-state index in [0.29, 0.717) is 52.5 Å². The summed E-state index contributed by atoms with van der Waals surface area (Å²) in [7, 11) is 0. The molecule has 0 bridgehead atoms. The van der Waals surface area contributed by atoms with E-state index >= 15 is 0 Å². The first-order valence-corrected chi connectivity index (χ1v) is 6.79.